The second kappa shape index (κ2) is 8.41. The van der Waals surface area contributed by atoms with Crippen LogP contribution >= 0.6 is 0 Å². The summed E-state index contributed by atoms with van der Waals surface area (Å²) in [7, 11) is 5.57. The van der Waals surface area contributed by atoms with Crippen LogP contribution in [0.2, 0.25) is 0 Å². The summed E-state index contributed by atoms with van der Waals surface area (Å²) in [4.78, 5) is 25.9. The molecule has 1 N–H and O–H groups in total. The number of rotatable bonds is 4. The predicted molar refractivity (Wildman–Crippen MR) is 119 cm³/mol. The molecular formula is C23H25N5O2. The van der Waals surface area contributed by atoms with E-state index in [-0.39, 0.29) is 6.03 Å². The molecule has 2 amide bonds. The van der Waals surface area contributed by atoms with Crippen LogP contribution in [0.5, 0.6) is 5.88 Å². The lowest BCUT2D eigenvalue weighted by molar-refractivity contribution is 0.256. The van der Waals surface area contributed by atoms with Crippen molar-refractivity contribution in [1.82, 2.24) is 9.97 Å². The van der Waals surface area contributed by atoms with Gasteiger partial charge in [0.25, 0.3) is 0 Å². The Hall–Kier alpha value is -3.61. The van der Waals surface area contributed by atoms with Gasteiger partial charge in [0.05, 0.1) is 12.8 Å². The Labute approximate surface area is 176 Å². The van der Waals surface area contributed by atoms with Gasteiger partial charge in [-0.05, 0) is 42.7 Å². The Bertz CT molecular complexity index is 1070. The van der Waals surface area contributed by atoms with Crippen molar-refractivity contribution in [3.63, 3.8) is 0 Å². The van der Waals surface area contributed by atoms with E-state index in [1.807, 2.05) is 32.3 Å². The summed E-state index contributed by atoms with van der Waals surface area (Å²) in [6.07, 6.45) is 1.80. The maximum Gasteiger partial charge on any atom is 0.328 e. The van der Waals surface area contributed by atoms with E-state index >= 15 is 0 Å². The molecule has 30 heavy (non-hydrogen) atoms. The molecule has 3 heterocycles. The van der Waals surface area contributed by atoms with E-state index in [1.165, 1.54) is 0 Å². The fraction of sp³-hybridized carbons (Fsp3) is 0.261. The normalized spacial score (nSPS) is 12.8. The number of urea groups is 1. The number of aryl methyl sites for hydroxylation is 1. The van der Waals surface area contributed by atoms with Gasteiger partial charge in [0.2, 0.25) is 5.88 Å². The molecule has 7 heteroatoms. The molecule has 0 fully saturated rings. The van der Waals surface area contributed by atoms with Crippen LogP contribution in [0.25, 0.3) is 11.3 Å². The summed E-state index contributed by atoms with van der Waals surface area (Å²) in [6.45, 7) is 0.608. The Kier molecular flexibility index (Phi) is 5.52. The first-order valence-corrected chi connectivity index (χ1v) is 9.92. The molecule has 0 bridgehead atoms. The van der Waals surface area contributed by atoms with E-state index in [0.717, 1.165) is 35.3 Å². The summed E-state index contributed by atoms with van der Waals surface area (Å²) >= 11 is 0. The molecule has 1 aromatic carbocycles. The van der Waals surface area contributed by atoms with Gasteiger partial charge in [-0.2, -0.15) is 4.98 Å². The number of carbonyl (C=O) groups excluding carboxylic acids is 1. The van der Waals surface area contributed by atoms with Gasteiger partial charge in [-0.25, -0.2) is 9.78 Å². The zero-order valence-electron chi connectivity index (χ0n) is 17.4. The van der Waals surface area contributed by atoms with Crippen LogP contribution in [0.3, 0.4) is 0 Å². The van der Waals surface area contributed by atoms with Crippen molar-refractivity contribution in [1.29, 1.82) is 0 Å². The molecule has 4 rings (SSSR count). The summed E-state index contributed by atoms with van der Waals surface area (Å²) in [6, 6.07) is 17.3. The van der Waals surface area contributed by atoms with Crippen LogP contribution < -0.4 is 19.9 Å². The smallest absolute Gasteiger partial charge is 0.328 e. The molecule has 3 aromatic rings. The zero-order valence-corrected chi connectivity index (χ0v) is 17.4. The molecule has 0 unspecified atom stereocenters. The van der Waals surface area contributed by atoms with Gasteiger partial charge in [0.1, 0.15) is 11.6 Å². The Morgan fingerprint density at radius 2 is 1.93 bits per heavy atom. The van der Waals surface area contributed by atoms with Crippen molar-refractivity contribution in [2.24, 2.45) is 0 Å². The third kappa shape index (κ3) is 4.05. The maximum absolute atomic E-state index is 13.0. The lowest BCUT2D eigenvalue weighted by atomic mass is 10.0. The van der Waals surface area contributed by atoms with Gasteiger partial charge in [0.15, 0.2) is 0 Å². The number of carbonyl (C=O) groups is 1. The first-order chi connectivity index (χ1) is 14.5. The largest absolute Gasteiger partial charge is 0.481 e. The molecule has 1 aliphatic rings. The highest BCUT2D eigenvalue weighted by Gasteiger charge is 2.25. The van der Waals surface area contributed by atoms with Gasteiger partial charge in [0, 0.05) is 38.0 Å². The number of nitrogens with zero attached hydrogens (tertiary/aromatic N) is 4. The number of benzene rings is 1. The number of nitrogens with one attached hydrogen (secondary N) is 1. The molecule has 7 nitrogen and oxygen atoms in total. The van der Waals surface area contributed by atoms with Crippen LogP contribution in [0.4, 0.5) is 22.1 Å². The third-order valence-electron chi connectivity index (χ3n) is 5.11. The second-order valence-electron chi connectivity index (χ2n) is 7.37. The summed E-state index contributed by atoms with van der Waals surface area (Å²) < 4.78 is 5.14. The molecule has 0 saturated carbocycles. The van der Waals surface area contributed by atoms with E-state index in [0.29, 0.717) is 24.1 Å². The van der Waals surface area contributed by atoms with Crippen molar-refractivity contribution in [3.05, 3.63) is 60.2 Å². The standard InChI is InChI=1S/C23H25N5O2/c1-27(2)18-9-4-7-17(15-18)19-13-12-16-8-6-14-28(22(16)24-19)23(29)26-20-10-5-11-21(25-20)30-3/h4-5,7,9-13,15H,6,8,14H2,1-3H3,(H,25,26,29). The molecular weight excluding hydrogens is 378 g/mol. The van der Waals surface area contributed by atoms with Gasteiger partial charge < -0.3 is 9.64 Å². The number of fused-ring (bicyclic) bond motifs is 1. The first-order valence-electron chi connectivity index (χ1n) is 9.92. The van der Waals surface area contributed by atoms with Gasteiger partial charge in [-0.1, -0.05) is 24.3 Å². The quantitative estimate of drug-likeness (QED) is 0.707. The van der Waals surface area contributed by atoms with E-state index < -0.39 is 0 Å². The van der Waals surface area contributed by atoms with Crippen LogP contribution in [0.1, 0.15) is 12.0 Å². The zero-order chi connectivity index (χ0) is 21.1. The molecule has 0 saturated heterocycles. The number of ether oxygens (including phenoxy) is 1. The summed E-state index contributed by atoms with van der Waals surface area (Å²) in [5.74, 6) is 1.60. The lowest BCUT2D eigenvalue weighted by Gasteiger charge is -2.28. The summed E-state index contributed by atoms with van der Waals surface area (Å²) in [5.41, 5.74) is 4.04. The van der Waals surface area contributed by atoms with Gasteiger partial charge in [-0.3, -0.25) is 10.2 Å². The molecule has 0 radical (unpaired) electrons. The van der Waals surface area contributed by atoms with Crippen molar-refractivity contribution >= 4 is 23.4 Å². The Morgan fingerprint density at radius 3 is 2.73 bits per heavy atom. The van der Waals surface area contributed by atoms with Crippen LogP contribution in [-0.2, 0) is 6.42 Å². The number of amides is 2. The van der Waals surface area contributed by atoms with E-state index in [1.54, 1.807) is 30.2 Å². The molecule has 154 valence electrons. The SMILES string of the molecule is COc1cccc(NC(=O)N2CCCc3ccc(-c4cccc(N(C)C)c4)nc32)n1. The molecule has 0 atom stereocenters. The molecule has 0 spiro atoms. The number of methoxy groups -OCH3 is 1. The van der Waals surface area contributed by atoms with Crippen LogP contribution in [0.15, 0.2) is 54.6 Å². The fourth-order valence-corrected chi connectivity index (χ4v) is 3.52. The number of pyridine rings is 2. The minimum Gasteiger partial charge on any atom is -0.481 e. The first kappa shape index (κ1) is 19.7. The van der Waals surface area contributed by atoms with Gasteiger partial charge in [-0.15, -0.1) is 0 Å². The number of aromatic nitrogens is 2. The monoisotopic (exact) mass is 403 g/mol. The van der Waals surface area contributed by atoms with Crippen LogP contribution in [0, 0.1) is 0 Å². The number of hydrogen-bond donors (Lipinski definition) is 1. The van der Waals surface area contributed by atoms with Crippen molar-refractivity contribution in [2.45, 2.75) is 12.8 Å². The van der Waals surface area contributed by atoms with Gasteiger partial charge >= 0.3 is 6.03 Å². The third-order valence-corrected chi connectivity index (χ3v) is 5.11. The predicted octanol–water partition coefficient (Wildman–Crippen LogP) is 4.20. The molecule has 0 aliphatic carbocycles. The molecule has 2 aromatic heterocycles. The van der Waals surface area contributed by atoms with E-state index in [9.17, 15) is 4.79 Å². The molecule has 1 aliphatic heterocycles. The van der Waals surface area contributed by atoms with Crippen molar-refractivity contribution < 1.29 is 9.53 Å². The second-order valence-corrected chi connectivity index (χ2v) is 7.37. The van der Waals surface area contributed by atoms with Crippen molar-refractivity contribution in [3.8, 4) is 17.1 Å². The highest BCUT2D eigenvalue weighted by atomic mass is 16.5. The summed E-state index contributed by atoms with van der Waals surface area (Å²) in [5, 5.41) is 2.86. The minimum atomic E-state index is -0.247. The minimum absolute atomic E-state index is 0.247. The Morgan fingerprint density at radius 1 is 1.10 bits per heavy atom. The highest BCUT2D eigenvalue weighted by Crippen LogP contribution is 2.30. The van der Waals surface area contributed by atoms with E-state index in [4.69, 9.17) is 9.72 Å². The number of hydrogen-bond acceptors (Lipinski definition) is 5. The highest BCUT2D eigenvalue weighted by molar-refractivity contribution is 6.01. The average Bonchev–Trinajstić information content (AvgIpc) is 2.78. The van der Waals surface area contributed by atoms with Crippen molar-refractivity contribution in [2.75, 3.05) is 42.9 Å². The average molecular weight is 403 g/mol. The number of anilines is 3. The lowest BCUT2D eigenvalue weighted by Crippen LogP contribution is -2.39. The van der Waals surface area contributed by atoms with Crippen LogP contribution in [-0.4, -0.2) is 43.7 Å². The Balaban J connectivity index is 1.63. The maximum atomic E-state index is 13.0. The fourth-order valence-electron chi connectivity index (χ4n) is 3.52. The topological polar surface area (TPSA) is 70.6 Å². The van der Waals surface area contributed by atoms with E-state index in [2.05, 4.69) is 33.4 Å².